The van der Waals surface area contributed by atoms with Crippen LogP contribution in [0.1, 0.15) is 17.5 Å². The van der Waals surface area contributed by atoms with Crippen molar-refractivity contribution in [2.75, 3.05) is 5.01 Å². The van der Waals surface area contributed by atoms with E-state index in [1.54, 1.807) is 30.3 Å². The van der Waals surface area contributed by atoms with E-state index in [9.17, 15) is 28.4 Å². The van der Waals surface area contributed by atoms with Crippen molar-refractivity contribution in [2.24, 2.45) is 5.10 Å². The van der Waals surface area contributed by atoms with E-state index in [0.717, 1.165) is 16.9 Å². The number of thiazole rings is 1. The fourth-order valence-corrected chi connectivity index (χ4v) is 4.00. The Bertz CT molecular complexity index is 1180. The maximum absolute atomic E-state index is 13.8. The number of nitro groups is 1. The molecule has 2 heterocycles. The lowest BCUT2D eigenvalue weighted by Gasteiger charge is -2.32. The molecule has 0 fully saturated rings. The lowest BCUT2D eigenvalue weighted by Crippen LogP contribution is -2.55. The Labute approximate surface area is 178 Å². The van der Waals surface area contributed by atoms with Crippen LogP contribution in [0.3, 0.4) is 0 Å². The average Bonchev–Trinajstić information content (AvgIpc) is 3.33. The number of aliphatic hydroxyl groups is 1. The minimum atomic E-state index is -5.00. The van der Waals surface area contributed by atoms with E-state index >= 15 is 0 Å². The number of nitro benzene ring substituents is 1. The summed E-state index contributed by atoms with van der Waals surface area (Å²) in [7, 11) is 0. The summed E-state index contributed by atoms with van der Waals surface area (Å²) in [5.74, 6) is 0. The molecule has 160 valence electrons. The van der Waals surface area contributed by atoms with E-state index in [2.05, 4.69) is 10.1 Å². The number of hydrogen-bond donors (Lipinski definition) is 1. The number of hydrazone groups is 1. The molecule has 1 aromatic heterocycles. The minimum absolute atomic E-state index is 0.0759. The molecule has 1 unspecified atom stereocenters. The van der Waals surface area contributed by atoms with Crippen LogP contribution in [0.15, 0.2) is 59.0 Å². The second-order valence-electron chi connectivity index (χ2n) is 7.04. The normalized spacial score (nSPS) is 18.9. The van der Waals surface area contributed by atoms with Crippen molar-refractivity contribution in [3.63, 3.8) is 0 Å². The molecule has 0 saturated carbocycles. The van der Waals surface area contributed by atoms with Crippen LogP contribution in [0.2, 0.25) is 0 Å². The Morgan fingerprint density at radius 2 is 1.90 bits per heavy atom. The first-order valence-corrected chi connectivity index (χ1v) is 9.91. The Hall–Kier alpha value is -3.31. The Morgan fingerprint density at radius 1 is 1.19 bits per heavy atom. The molecule has 31 heavy (non-hydrogen) atoms. The third-order valence-electron chi connectivity index (χ3n) is 4.85. The minimum Gasteiger partial charge on any atom is -0.362 e. The van der Waals surface area contributed by atoms with Gasteiger partial charge in [0.05, 0.1) is 22.7 Å². The standard InChI is InChI=1S/C20H15F3N4O3S/c1-12-5-7-13(8-6-12)16-10-19(28,20(21,22)23)26(25-16)18-24-17(11-31-18)14-3-2-4-15(9-14)27(29)30/h2-9,11,28H,10H2,1H3. The quantitative estimate of drug-likeness (QED) is 0.453. The van der Waals surface area contributed by atoms with Gasteiger partial charge in [0.1, 0.15) is 0 Å². The highest BCUT2D eigenvalue weighted by atomic mass is 32.1. The van der Waals surface area contributed by atoms with Crippen molar-refractivity contribution in [2.45, 2.75) is 25.2 Å². The van der Waals surface area contributed by atoms with Crippen LogP contribution in [0.25, 0.3) is 11.3 Å². The van der Waals surface area contributed by atoms with Crippen LogP contribution in [-0.4, -0.2) is 32.6 Å². The van der Waals surface area contributed by atoms with Crippen molar-refractivity contribution in [3.05, 3.63) is 75.2 Å². The monoisotopic (exact) mass is 448 g/mol. The zero-order chi connectivity index (χ0) is 22.4. The molecule has 11 heteroatoms. The van der Waals surface area contributed by atoms with Crippen molar-refractivity contribution in [3.8, 4) is 11.3 Å². The number of halogens is 3. The summed E-state index contributed by atoms with van der Waals surface area (Å²) < 4.78 is 41.5. The first-order chi connectivity index (χ1) is 14.6. The summed E-state index contributed by atoms with van der Waals surface area (Å²) >= 11 is 0.852. The molecule has 7 nitrogen and oxygen atoms in total. The Kier molecular flexibility index (Phi) is 5.02. The van der Waals surface area contributed by atoms with Crippen LogP contribution in [0, 0.1) is 17.0 Å². The van der Waals surface area contributed by atoms with Gasteiger partial charge in [-0.1, -0.05) is 42.0 Å². The van der Waals surface area contributed by atoms with E-state index in [-0.39, 0.29) is 22.2 Å². The second-order valence-corrected chi connectivity index (χ2v) is 7.87. The summed E-state index contributed by atoms with van der Waals surface area (Å²) in [5, 5.41) is 27.4. The number of aryl methyl sites for hydroxylation is 1. The zero-order valence-corrected chi connectivity index (χ0v) is 16.8. The van der Waals surface area contributed by atoms with Crippen molar-refractivity contribution < 1.29 is 23.2 Å². The first-order valence-electron chi connectivity index (χ1n) is 9.03. The van der Waals surface area contributed by atoms with E-state index < -0.39 is 23.2 Å². The average molecular weight is 448 g/mol. The van der Waals surface area contributed by atoms with Crippen molar-refractivity contribution in [1.29, 1.82) is 0 Å². The molecule has 0 saturated heterocycles. The molecule has 4 rings (SSSR count). The van der Waals surface area contributed by atoms with Crippen molar-refractivity contribution >= 4 is 27.9 Å². The highest BCUT2D eigenvalue weighted by molar-refractivity contribution is 7.14. The molecule has 1 aliphatic rings. The van der Waals surface area contributed by atoms with E-state index in [4.69, 9.17) is 0 Å². The molecular weight excluding hydrogens is 433 g/mol. The van der Waals surface area contributed by atoms with E-state index in [1.807, 2.05) is 6.92 Å². The molecule has 0 spiro atoms. The van der Waals surface area contributed by atoms with Crippen molar-refractivity contribution in [1.82, 2.24) is 4.98 Å². The summed E-state index contributed by atoms with van der Waals surface area (Å²) in [6.07, 6.45) is -5.76. The van der Waals surface area contributed by atoms with Gasteiger partial charge < -0.3 is 5.11 Å². The van der Waals surface area contributed by atoms with Crippen LogP contribution >= 0.6 is 11.3 Å². The zero-order valence-electron chi connectivity index (χ0n) is 16.0. The second kappa shape index (κ2) is 7.43. The van der Waals surface area contributed by atoms with Gasteiger partial charge in [-0.3, -0.25) is 10.1 Å². The van der Waals surface area contributed by atoms with Gasteiger partial charge >= 0.3 is 6.18 Å². The number of non-ortho nitro benzene ring substituents is 1. The molecule has 1 N–H and O–H groups in total. The van der Waals surface area contributed by atoms with Crippen LogP contribution < -0.4 is 5.01 Å². The number of hydrogen-bond acceptors (Lipinski definition) is 7. The number of alkyl halides is 3. The van der Waals surface area contributed by atoms with Gasteiger partial charge in [-0.05, 0) is 12.5 Å². The van der Waals surface area contributed by atoms with Gasteiger partial charge in [0.2, 0.25) is 5.13 Å². The number of rotatable bonds is 4. The van der Waals surface area contributed by atoms with Gasteiger partial charge in [0, 0.05) is 23.1 Å². The van der Waals surface area contributed by atoms with Gasteiger partial charge in [-0.25, -0.2) is 4.98 Å². The SMILES string of the molecule is Cc1ccc(C2=NN(c3nc(-c4cccc([N+](=O)[O-])c4)cs3)C(O)(C(F)(F)F)C2)cc1. The fraction of sp³-hybridized carbons (Fsp3) is 0.200. The third kappa shape index (κ3) is 3.77. The van der Waals surface area contributed by atoms with Crippen LogP contribution in [0.5, 0.6) is 0 Å². The fourth-order valence-electron chi connectivity index (χ4n) is 3.15. The maximum Gasteiger partial charge on any atom is 0.438 e. The number of aromatic nitrogens is 1. The van der Waals surface area contributed by atoms with Crippen LogP contribution in [-0.2, 0) is 0 Å². The molecule has 0 bridgehead atoms. The Morgan fingerprint density at radius 3 is 2.55 bits per heavy atom. The van der Waals surface area contributed by atoms with Gasteiger partial charge in [0.15, 0.2) is 0 Å². The number of anilines is 1. The molecule has 3 aromatic rings. The maximum atomic E-state index is 13.8. The first kappa shape index (κ1) is 20.9. The molecule has 0 radical (unpaired) electrons. The van der Waals surface area contributed by atoms with Crippen LogP contribution in [0.4, 0.5) is 24.0 Å². The highest BCUT2D eigenvalue weighted by Crippen LogP contribution is 2.45. The number of nitrogens with zero attached hydrogens (tertiary/aromatic N) is 4. The molecule has 2 aromatic carbocycles. The van der Waals surface area contributed by atoms with Gasteiger partial charge in [0.25, 0.3) is 11.4 Å². The predicted molar refractivity (Wildman–Crippen MR) is 110 cm³/mol. The summed E-state index contributed by atoms with van der Waals surface area (Å²) in [6.45, 7) is 1.85. The van der Waals surface area contributed by atoms with Gasteiger partial charge in [-0.15, -0.1) is 11.3 Å². The largest absolute Gasteiger partial charge is 0.438 e. The summed E-state index contributed by atoms with van der Waals surface area (Å²) in [6, 6.07) is 12.4. The topological polar surface area (TPSA) is 91.9 Å². The predicted octanol–water partition coefficient (Wildman–Crippen LogP) is 4.89. The summed E-state index contributed by atoms with van der Waals surface area (Å²) in [4.78, 5) is 14.6. The molecule has 0 aliphatic carbocycles. The summed E-state index contributed by atoms with van der Waals surface area (Å²) in [5.41, 5.74) is -1.34. The highest BCUT2D eigenvalue weighted by Gasteiger charge is 2.62. The molecule has 1 aliphatic heterocycles. The smallest absolute Gasteiger partial charge is 0.362 e. The molecule has 1 atom stereocenters. The van der Waals surface area contributed by atoms with E-state index in [0.29, 0.717) is 16.1 Å². The lowest BCUT2D eigenvalue weighted by molar-refractivity contribution is -0.384. The molecule has 0 amide bonds. The van der Waals surface area contributed by atoms with E-state index in [1.165, 1.54) is 23.6 Å². The lowest BCUT2D eigenvalue weighted by atomic mass is 10.0. The number of benzene rings is 2. The third-order valence-corrected chi connectivity index (χ3v) is 5.67. The van der Waals surface area contributed by atoms with Gasteiger partial charge in [-0.2, -0.15) is 23.3 Å². The Balaban J connectivity index is 1.74. The molecular formula is C20H15F3N4O3S.